The van der Waals surface area contributed by atoms with Gasteiger partial charge in [-0.1, -0.05) is 0 Å². The molecule has 3 amide bonds. The molecule has 0 aliphatic rings. The van der Waals surface area contributed by atoms with E-state index in [0.29, 0.717) is 0 Å². The molecule has 0 radical (unpaired) electrons. The summed E-state index contributed by atoms with van der Waals surface area (Å²) >= 11 is 0. The van der Waals surface area contributed by atoms with Gasteiger partial charge in [0.15, 0.2) is 0 Å². The SMILES string of the molecule is NC(=O)CC[C@H](NC(=O)[C@@H](N)CCC(=O)O)C(=O)N[C@@H](CO)C(=O)O. The number of nitrogens with two attached hydrogens (primary N) is 2. The van der Waals surface area contributed by atoms with Gasteiger partial charge in [-0.25, -0.2) is 4.79 Å². The van der Waals surface area contributed by atoms with Crippen LogP contribution in [0.4, 0.5) is 0 Å². The molecule has 9 N–H and O–H groups in total. The van der Waals surface area contributed by atoms with Gasteiger partial charge in [-0.15, -0.1) is 0 Å². The Balaban J connectivity index is 4.93. The van der Waals surface area contributed by atoms with Crippen molar-refractivity contribution in [1.82, 2.24) is 10.6 Å². The van der Waals surface area contributed by atoms with E-state index < -0.39 is 54.4 Å². The van der Waals surface area contributed by atoms with Crippen LogP contribution in [-0.4, -0.2) is 69.7 Å². The Bertz CT molecular complexity index is 524. The highest BCUT2D eigenvalue weighted by molar-refractivity contribution is 5.92. The van der Waals surface area contributed by atoms with Gasteiger partial charge in [0.25, 0.3) is 0 Å². The molecule has 0 aromatic carbocycles. The summed E-state index contributed by atoms with van der Waals surface area (Å²) in [5.74, 6) is -5.20. The predicted octanol–water partition coefficient (Wildman–Crippen LogP) is -3.51. The zero-order valence-corrected chi connectivity index (χ0v) is 13.3. The first-order chi connectivity index (χ1) is 11.6. The lowest BCUT2D eigenvalue weighted by Gasteiger charge is -2.21. The summed E-state index contributed by atoms with van der Waals surface area (Å²) < 4.78 is 0. The summed E-state index contributed by atoms with van der Waals surface area (Å²) in [7, 11) is 0. The number of carboxylic acids is 2. The second kappa shape index (κ2) is 10.9. The average Bonchev–Trinajstić information content (AvgIpc) is 2.52. The zero-order valence-electron chi connectivity index (χ0n) is 13.3. The lowest BCUT2D eigenvalue weighted by Crippen LogP contribution is -2.55. The van der Waals surface area contributed by atoms with Crippen LogP contribution in [0, 0.1) is 0 Å². The van der Waals surface area contributed by atoms with E-state index in [9.17, 15) is 24.0 Å². The Hall–Kier alpha value is -2.73. The molecule has 0 bridgehead atoms. The predicted molar refractivity (Wildman–Crippen MR) is 81.9 cm³/mol. The summed E-state index contributed by atoms with van der Waals surface area (Å²) in [6.45, 7) is -0.879. The van der Waals surface area contributed by atoms with Gasteiger partial charge < -0.3 is 37.4 Å². The minimum atomic E-state index is -1.60. The zero-order chi connectivity index (χ0) is 19.6. The third-order valence-corrected chi connectivity index (χ3v) is 3.12. The van der Waals surface area contributed by atoms with Crippen LogP contribution in [0.5, 0.6) is 0 Å². The van der Waals surface area contributed by atoms with Crippen LogP contribution in [0.15, 0.2) is 0 Å². The fourth-order valence-corrected chi connectivity index (χ4v) is 1.70. The lowest BCUT2D eigenvalue weighted by molar-refractivity contribution is -0.143. The number of aliphatic hydroxyl groups is 1. The summed E-state index contributed by atoms with van der Waals surface area (Å²) in [4.78, 5) is 56.1. The molecule has 12 nitrogen and oxygen atoms in total. The van der Waals surface area contributed by atoms with Gasteiger partial charge in [-0.05, 0) is 12.8 Å². The summed E-state index contributed by atoms with van der Waals surface area (Å²) in [6.07, 6.45) is -1.05. The first-order valence-electron chi connectivity index (χ1n) is 7.28. The second-order valence-corrected chi connectivity index (χ2v) is 5.19. The Labute approximate surface area is 142 Å². The van der Waals surface area contributed by atoms with Gasteiger partial charge in [0.05, 0.1) is 12.6 Å². The molecule has 0 saturated heterocycles. The molecule has 0 aliphatic carbocycles. The van der Waals surface area contributed by atoms with Crippen molar-refractivity contribution in [1.29, 1.82) is 0 Å². The van der Waals surface area contributed by atoms with E-state index in [-0.39, 0.29) is 25.7 Å². The number of hydrogen-bond acceptors (Lipinski definition) is 7. The van der Waals surface area contributed by atoms with Crippen LogP contribution in [0.2, 0.25) is 0 Å². The van der Waals surface area contributed by atoms with E-state index in [1.165, 1.54) is 0 Å². The van der Waals surface area contributed by atoms with Crippen molar-refractivity contribution in [3.8, 4) is 0 Å². The number of nitrogens with one attached hydrogen (secondary N) is 2. The van der Waals surface area contributed by atoms with E-state index in [1.807, 2.05) is 5.32 Å². The molecule has 0 fully saturated rings. The van der Waals surface area contributed by atoms with E-state index in [2.05, 4.69) is 5.32 Å². The van der Waals surface area contributed by atoms with Gasteiger partial charge in [0.2, 0.25) is 17.7 Å². The number of hydrogen-bond donors (Lipinski definition) is 7. The fourth-order valence-electron chi connectivity index (χ4n) is 1.70. The number of rotatable bonds is 12. The number of carbonyl (C=O) groups is 5. The van der Waals surface area contributed by atoms with Crippen LogP contribution >= 0.6 is 0 Å². The summed E-state index contributed by atoms with van der Waals surface area (Å²) in [6, 6.07) is -4.14. The quantitative estimate of drug-likeness (QED) is 0.182. The molecule has 0 aliphatic heterocycles. The van der Waals surface area contributed by atoms with Crippen LogP contribution in [-0.2, 0) is 24.0 Å². The molecule has 25 heavy (non-hydrogen) atoms. The number of aliphatic carboxylic acids is 2. The van der Waals surface area contributed by atoms with Crippen molar-refractivity contribution in [2.75, 3.05) is 6.61 Å². The summed E-state index contributed by atoms with van der Waals surface area (Å²) in [5.41, 5.74) is 10.5. The minimum absolute atomic E-state index is 0.181. The highest BCUT2D eigenvalue weighted by Gasteiger charge is 2.28. The maximum atomic E-state index is 12.1. The molecule has 0 heterocycles. The Morgan fingerprint density at radius 2 is 1.44 bits per heavy atom. The molecule has 142 valence electrons. The minimum Gasteiger partial charge on any atom is -0.481 e. The third kappa shape index (κ3) is 9.22. The van der Waals surface area contributed by atoms with Crippen molar-refractivity contribution in [3.63, 3.8) is 0 Å². The molecule has 0 aromatic rings. The Morgan fingerprint density at radius 1 is 0.880 bits per heavy atom. The number of aliphatic hydroxyl groups excluding tert-OH is 1. The number of amides is 3. The van der Waals surface area contributed by atoms with Crippen LogP contribution in [0.25, 0.3) is 0 Å². The van der Waals surface area contributed by atoms with Crippen LogP contribution < -0.4 is 22.1 Å². The van der Waals surface area contributed by atoms with E-state index in [0.717, 1.165) is 0 Å². The topological polar surface area (TPSA) is 222 Å². The number of carboxylic acid groups (broad SMARTS) is 2. The largest absolute Gasteiger partial charge is 0.481 e. The normalized spacial score (nSPS) is 14.0. The summed E-state index contributed by atoms with van der Waals surface area (Å²) in [5, 5.41) is 30.5. The third-order valence-electron chi connectivity index (χ3n) is 3.12. The molecular weight excluding hydrogens is 340 g/mol. The molecule has 0 unspecified atom stereocenters. The van der Waals surface area contributed by atoms with Crippen molar-refractivity contribution in [3.05, 3.63) is 0 Å². The first-order valence-corrected chi connectivity index (χ1v) is 7.28. The second-order valence-electron chi connectivity index (χ2n) is 5.19. The molecular formula is C13H22N4O8. The molecule has 0 aromatic heterocycles. The van der Waals surface area contributed by atoms with Gasteiger partial charge in [0, 0.05) is 12.8 Å². The van der Waals surface area contributed by atoms with E-state index in [1.54, 1.807) is 0 Å². The number of primary amides is 1. The molecule has 12 heteroatoms. The number of carbonyl (C=O) groups excluding carboxylic acids is 3. The highest BCUT2D eigenvalue weighted by atomic mass is 16.4. The Morgan fingerprint density at radius 3 is 1.88 bits per heavy atom. The van der Waals surface area contributed by atoms with Gasteiger partial charge >= 0.3 is 11.9 Å². The molecule has 0 saturated carbocycles. The maximum Gasteiger partial charge on any atom is 0.328 e. The van der Waals surface area contributed by atoms with E-state index in [4.69, 9.17) is 26.8 Å². The van der Waals surface area contributed by atoms with E-state index >= 15 is 0 Å². The lowest BCUT2D eigenvalue weighted by atomic mass is 10.1. The van der Waals surface area contributed by atoms with Crippen LogP contribution in [0.1, 0.15) is 25.7 Å². The van der Waals surface area contributed by atoms with Crippen molar-refractivity contribution < 1.29 is 39.3 Å². The van der Waals surface area contributed by atoms with Gasteiger partial charge in [0.1, 0.15) is 12.1 Å². The van der Waals surface area contributed by atoms with Gasteiger partial charge in [-0.3, -0.25) is 19.2 Å². The first kappa shape index (κ1) is 22.3. The standard InChI is InChI=1S/C13H22N4O8/c14-6(1-4-10(20)21)11(22)16-7(2-3-9(15)19)12(23)17-8(5-18)13(24)25/h6-8,18H,1-5,14H2,(H2,15,19)(H,16,22)(H,17,23)(H,20,21)(H,24,25)/t6-,7-,8-/m0/s1. The highest BCUT2D eigenvalue weighted by Crippen LogP contribution is 2.02. The van der Waals surface area contributed by atoms with Crippen molar-refractivity contribution in [2.24, 2.45) is 11.5 Å². The van der Waals surface area contributed by atoms with Crippen molar-refractivity contribution in [2.45, 2.75) is 43.8 Å². The molecule has 3 atom stereocenters. The smallest absolute Gasteiger partial charge is 0.328 e. The molecule has 0 spiro atoms. The molecule has 0 rings (SSSR count). The van der Waals surface area contributed by atoms with Crippen LogP contribution in [0.3, 0.4) is 0 Å². The van der Waals surface area contributed by atoms with Crippen molar-refractivity contribution >= 4 is 29.7 Å². The average molecular weight is 362 g/mol. The monoisotopic (exact) mass is 362 g/mol. The fraction of sp³-hybridized carbons (Fsp3) is 0.615. The Kier molecular flexibility index (Phi) is 9.74. The maximum absolute atomic E-state index is 12.1. The van der Waals surface area contributed by atoms with Gasteiger partial charge in [-0.2, -0.15) is 0 Å².